The number of sulfonamides is 1. The lowest BCUT2D eigenvalue weighted by atomic mass is 10.0. The van der Waals surface area contributed by atoms with Crippen molar-refractivity contribution in [2.45, 2.75) is 63.8 Å². The second-order valence-electron chi connectivity index (χ2n) is 5.96. The van der Waals surface area contributed by atoms with Crippen molar-refractivity contribution in [1.82, 2.24) is 4.31 Å². The monoisotopic (exact) mass is 325 g/mol. The lowest BCUT2D eigenvalue weighted by Crippen LogP contribution is -2.43. The molecule has 0 amide bonds. The Morgan fingerprint density at radius 1 is 1.27 bits per heavy atom. The van der Waals surface area contributed by atoms with Crippen LogP contribution in [0.15, 0.2) is 17.0 Å². The summed E-state index contributed by atoms with van der Waals surface area (Å²) in [5, 5.41) is 0. The highest BCUT2D eigenvalue weighted by Gasteiger charge is 2.34. The van der Waals surface area contributed by atoms with Crippen LogP contribution in [0, 0.1) is 6.92 Å². The molecule has 0 aliphatic carbocycles. The third-order valence-corrected chi connectivity index (χ3v) is 6.61. The van der Waals surface area contributed by atoms with Gasteiger partial charge in [0.05, 0.1) is 7.11 Å². The predicted molar refractivity (Wildman–Crippen MR) is 88.9 cm³/mol. The number of rotatable bonds is 5. The first-order valence-corrected chi connectivity index (χ1v) is 9.59. The van der Waals surface area contributed by atoms with E-state index in [0.717, 1.165) is 43.2 Å². The number of ether oxygens (including phenoxy) is 1. The van der Waals surface area contributed by atoms with Crippen molar-refractivity contribution in [1.29, 1.82) is 0 Å². The molecule has 1 aromatic carbocycles. The van der Waals surface area contributed by atoms with E-state index in [2.05, 4.69) is 6.92 Å². The zero-order valence-corrected chi connectivity index (χ0v) is 14.9. The highest BCUT2D eigenvalue weighted by atomic mass is 32.2. The fourth-order valence-corrected chi connectivity index (χ4v) is 5.23. The van der Waals surface area contributed by atoms with Gasteiger partial charge >= 0.3 is 0 Å². The first kappa shape index (κ1) is 17.3. The van der Waals surface area contributed by atoms with E-state index >= 15 is 0 Å². The molecule has 0 radical (unpaired) electrons. The van der Waals surface area contributed by atoms with Crippen LogP contribution in [-0.2, 0) is 16.4 Å². The minimum atomic E-state index is -3.51. The van der Waals surface area contributed by atoms with Gasteiger partial charge in [-0.3, -0.25) is 0 Å². The standard InChI is InChI=1S/C17H27NO3S/c1-5-14-12-17(16(21-4)11-13(14)3)22(19,20)18-10-8-7-9-15(18)6-2/h11-12,15H,5-10H2,1-4H3/t15-/m0/s1. The molecule has 1 aliphatic rings. The van der Waals surface area contributed by atoms with E-state index in [1.165, 1.54) is 7.11 Å². The normalized spacial score (nSPS) is 20.1. The zero-order valence-electron chi connectivity index (χ0n) is 14.1. The Balaban J connectivity index is 2.52. The number of hydrogen-bond acceptors (Lipinski definition) is 3. The zero-order chi connectivity index (χ0) is 16.3. The van der Waals surface area contributed by atoms with E-state index in [9.17, 15) is 8.42 Å². The van der Waals surface area contributed by atoms with Gasteiger partial charge in [0.15, 0.2) is 0 Å². The van der Waals surface area contributed by atoms with Crippen molar-refractivity contribution in [3.8, 4) is 5.75 Å². The molecule has 0 N–H and O–H groups in total. The van der Waals surface area contributed by atoms with E-state index < -0.39 is 10.0 Å². The third-order valence-electron chi connectivity index (χ3n) is 4.63. The molecule has 0 unspecified atom stereocenters. The number of nitrogens with zero attached hydrogens (tertiary/aromatic N) is 1. The van der Waals surface area contributed by atoms with Crippen LogP contribution in [0.5, 0.6) is 5.75 Å². The summed E-state index contributed by atoms with van der Waals surface area (Å²) in [6, 6.07) is 3.75. The molecule has 1 saturated heterocycles. The largest absolute Gasteiger partial charge is 0.495 e. The van der Waals surface area contributed by atoms with Gasteiger partial charge in [0.2, 0.25) is 10.0 Å². The van der Waals surface area contributed by atoms with Gasteiger partial charge in [0.1, 0.15) is 10.6 Å². The molecule has 5 heteroatoms. The third kappa shape index (κ3) is 3.15. The van der Waals surface area contributed by atoms with Gasteiger partial charge in [-0.1, -0.05) is 20.3 Å². The molecule has 1 fully saturated rings. The average molecular weight is 325 g/mol. The molecule has 124 valence electrons. The number of aryl methyl sites for hydroxylation is 2. The lowest BCUT2D eigenvalue weighted by Gasteiger charge is -2.34. The van der Waals surface area contributed by atoms with Gasteiger partial charge < -0.3 is 4.74 Å². The van der Waals surface area contributed by atoms with Crippen LogP contribution < -0.4 is 4.74 Å². The average Bonchev–Trinajstić information content (AvgIpc) is 2.54. The first-order chi connectivity index (χ1) is 10.5. The number of benzene rings is 1. The van der Waals surface area contributed by atoms with E-state index in [1.54, 1.807) is 10.4 Å². The summed E-state index contributed by atoms with van der Waals surface area (Å²) in [6.45, 7) is 6.70. The highest BCUT2D eigenvalue weighted by Crippen LogP contribution is 2.33. The van der Waals surface area contributed by atoms with Crippen LogP contribution in [0.2, 0.25) is 0 Å². The molecule has 0 aromatic heterocycles. The second-order valence-corrected chi connectivity index (χ2v) is 7.82. The van der Waals surface area contributed by atoms with Crippen LogP contribution in [-0.4, -0.2) is 32.4 Å². The Morgan fingerprint density at radius 3 is 2.59 bits per heavy atom. The number of hydrogen-bond donors (Lipinski definition) is 0. The molecular formula is C17H27NO3S. The van der Waals surface area contributed by atoms with Crippen LogP contribution in [0.4, 0.5) is 0 Å². The van der Waals surface area contributed by atoms with E-state index in [0.29, 0.717) is 17.2 Å². The predicted octanol–water partition coefficient (Wildman–Crippen LogP) is 3.52. The topological polar surface area (TPSA) is 46.6 Å². The van der Waals surface area contributed by atoms with E-state index in [-0.39, 0.29) is 6.04 Å². The minimum absolute atomic E-state index is 0.106. The van der Waals surface area contributed by atoms with Crippen LogP contribution >= 0.6 is 0 Å². The Kier molecular flexibility index (Phi) is 5.50. The maximum atomic E-state index is 13.2. The maximum Gasteiger partial charge on any atom is 0.247 e. The van der Waals surface area contributed by atoms with Gasteiger partial charge in [-0.15, -0.1) is 0 Å². The minimum Gasteiger partial charge on any atom is -0.495 e. The Bertz CT molecular complexity index is 625. The van der Waals surface area contributed by atoms with Gasteiger partial charge in [-0.2, -0.15) is 4.31 Å². The molecule has 2 rings (SSSR count). The molecule has 0 saturated carbocycles. The summed E-state index contributed by atoms with van der Waals surface area (Å²) in [6.07, 6.45) is 4.66. The molecule has 0 bridgehead atoms. The van der Waals surface area contributed by atoms with Gasteiger partial charge in [-0.25, -0.2) is 8.42 Å². The van der Waals surface area contributed by atoms with Crippen molar-refractivity contribution in [2.24, 2.45) is 0 Å². The molecule has 0 spiro atoms. The molecular weight excluding hydrogens is 298 g/mol. The van der Waals surface area contributed by atoms with E-state index in [4.69, 9.17) is 4.74 Å². The van der Waals surface area contributed by atoms with E-state index in [1.807, 2.05) is 19.9 Å². The Morgan fingerprint density at radius 2 is 2.00 bits per heavy atom. The molecule has 1 aliphatic heterocycles. The summed E-state index contributed by atoms with van der Waals surface area (Å²) in [4.78, 5) is 0.317. The summed E-state index contributed by atoms with van der Waals surface area (Å²) in [5.41, 5.74) is 2.13. The SMILES string of the molecule is CCc1cc(S(=O)(=O)N2CCCC[C@@H]2CC)c(OC)cc1C. The van der Waals surface area contributed by atoms with Crippen molar-refractivity contribution < 1.29 is 13.2 Å². The summed E-state index contributed by atoms with van der Waals surface area (Å²) < 4.78 is 33.4. The first-order valence-electron chi connectivity index (χ1n) is 8.15. The molecule has 1 heterocycles. The quantitative estimate of drug-likeness (QED) is 0.832. The molecule has 1 atom stereocenters. The summed E-state index contributed by atoms with van der Waals surface area (Å²) in [7, 11) is -1.97. The maximum absolute atomic E-state index is 13.2. The summed E-state index contributed by atoms with van der Waals surface area (Å²) >= 11 is 0. The van der Waals surface area contributed by atoms with Crippen LogP contribution in [0.1, 0.15) is 50.7 Å². The van der Waals surface area contributed by atoms with Gasteiger partial charge in [0.25, 0.3) is 0 Å². The number of piperidine rings is 1. The fraction of sp³-hybridized carbons (Fsp3) is 0.647. The van der Waals surface area contributed by atoms with Crippen molar-refractivity contribution >= 4 is 10.0 Å². The van der Waals surface area contributed by atoms with Crippen LogP contribution in [0.3, 0.4) is 0 Å². The number of methoxy groups -OCH3 is 1. The van der Waals surface area contributed by atoms with Gasteiger partial charge in [0, 0.05) is 12.6 Å². The Labute approximate surface area is 134 Å². The Hall–Kier alpha value is -1.07. The van der Waals surface area contributed by atoms with Crippen molar-refractivity contribution in [3.63, 3.8) is 0 Å². The van der Waals surface area contributed by atoms with Crippen molar-refractivity contribution in [3.05, 3.63) is 23.3 Å². The van der Waals surface area contributed by atoms with Crippen LogP contribution in [0.25, 0.3) is 0 Å². The second kappa shape index (κ2) is 7.01. The highest BCUT2D eigenvalue weighted by molar-refractivity contribution is 7.89. The summed E-state index contributed by atoms with van der Waals surface area (Å²) in [5.74, 6) is 0.454. The van der Waals surface area contributed by atoms with Gasteiger partial charge in [-0.05, 0) is 55.9 Å². The lowest BCUT2D eigenvalue weighted by molar-refractivity contribution is 0.246. The van der Waals surface area contributed by atoms with Crippen molar-refractivity contribution in [2.75, 3.05) is 13.7 Å². The molecule has 22 heavy (non-hydrogen) atoms. The molecule has 4 nitrogen and oxygen atoms in total. The molecule has 1 aromatic rings. The fourth-order valence-electron chi connectivity index (χ4n) is 3.27. The smallest absolute Gasteiger partial charge is 0.247 e.